The molecule has 2 amide bonds. The monoisotopic (exact) mass is 456 g/mol. The topological polar surface area (TPSA) is 120 Å². The van der Waals surface area contributed by atoms with Gasteiger partial charge in [0.15, 0.2) is 11.2 Å². The van der Waals surface area contributed by atoms with Crippen LogP contribution in [0.25, 0.3) is 11.2 Å². The molecule has 0 aliphatic rings. The van der Waals surface area contributed by atoms with Gasteiger partial charge in [0.25, 0.3) is 5.56 Å². The number of carbonyl (C=O) groups excluding carboxylic acids is 2. The Balaban J connectivity index is 1.60. The van der Waals surface area contributed by atoms with E-state index in [0.717, 1.165) is 4.57 Å². The van der Waals surface area contributed by atoms with E-state index in [2.05, 4.69) is 10.3 Å². The summed E-state index contributed by atoms with van der Waals surface area (Å²) in [5, 5.41) is 2.77. The van der Waals surface area contributed by atoms with Crippen LogP contribution in [0, 0.1) is 0 Å². The van der Waals surface area contributed by atoms with Gasteiger partial charge in [-0.15, -0.1) is 0 Å². The number of nitrogens with zero attached hydrogens (tertiary/aromatic N) is 5. The largest absolute Gasteiger partial charge is 0.497 e. The summed E-state index contributed by atoms with van der Waals surface area (Å²) in [6.07, 6.45) is 2.14. The third-order valence-electron chi connectivity index (χ3n) is 5.43. The van der Waals surface area contributed by atoms with Gasteiger partial charge in [0.2, 0.25) is 11.8 Å². The molecule has 0 saturated heterocycles. The summed E-state index contributed by atoms with van der Waals surface area (Å²) >= 11 is 0. The number of aromatic nitrogens is 4. The van der Waals surface area contributed by atoms with Crippen molar-refractivity contribution < 1.29 is 14.3 Å². The molecule has 0 atom stereocenters. The number of hydrogen-bond acceptors (Lipinski definition) is 6. The molecule has 0 spiro atoms. The van der Waals surface area contributed by atoms with Gasteiger partial charge >= 0.3 is 5.69 Å². The van der Waals surface area contributed by atoms with E-state index < -0.39 is 11.2 Å². The molecule has 2 heterocycles. The Kier molecular flexibility index (Phi) is 7.31. The van der Waals surface area contributed by atoms with Crippen LogP contribution in [-0.2, 0) is 30.2 Å². The molecule has 11 heteroatoms. The Morgan fingerprint density at radius 1 is 1.18 bits per heavy atom. The molecule has 0 bridgehead atoms. The molecule has 0 saturated carbocycles. The minimum Gasteiger partial charge on any atom is -0.497 e. The number of rotatable bonds is 9. The first kappa shape index (κ1) is 23.8. The summed E-state index contributed by atoms with van der Waals surface area (Å²) in [5.74, 6) is 0.157. The molecular weight excluding hydrogens is 428 g/mol. The molecular formula is C22H28N6O5. The number of methoxy groups -OCH3 is 1. The molecule has 0 aliphatic heterocycles. The Labute approximate surface area is 190 Å². The van der Waals surface area contributed by atoms with Crippen molar-refractivity contribution in [2.24, 2.45) is 14.1 Å². The van der Waals surface area contributed by atoms with E-state index in [1.807, 2.05) is 6.92 Å². The fourth-order valence-corrected chi connectivity index (χ4v) is 3.58. The number of ether oxygens (including phenoxy) is 1. The number of nitrogens with one attached hydrogen (secondary N) is 1. The minimum absolute atomic E-state index is 0.0663. The fraction of sp³-hybridized carbons (Fsp3) is 0.409. The Morgan fingerprint density at radius 3 is 2.64 bits per heavy atom. The molecule has 11 nitrogen and oxygen atoms in total. The lowest BCUT2D eigenvalue weighted by Crippen LogP contribution is -2.38. The molecule has 0 radical (unpaired) electrons. The predicted molar refractivity (Wildman–Crippen MR) is 123 cm³/mol. The maximum absolute atomic E-state index is 12.7. The molecule has 1 aromatic carbocycles. The first-order valence-electron chi connectivity index (χ1n) is 10.6. The highest BCUT2D eigenvalue weighted by Crippen LogP contribution is 2.16. The van der Waals surface area contributed by atoms with Crippen LogP contribution in [-0.4, -0.2) is 55.6 Å². The molecule has 1 N–H and O–H groups in total. The van der Waals surface area contributed by atoms with Crippen molar-refractivity contribution in [2.45, 2.75) is 26.3 Å². The highest BCUT2D eigenvalue weighted by Gasteiger charge is 2.17. The average Bonchev–Trinajstić information content (AvgIpc) is 3.23. The van der Waals surface area contributed by atoms with Crippen molar-refractivity contribution in [2.75, 3.05) is 25.5 Å². The lowest BCUT2D eigenvalue weighted by atomic mass is 10.2. The van der Waals surface area contributed by atoms with Gasteiger partial charge in [-0.25, -0.2) is 9.78 Å². The Bertz CT molecular complexity index is 1290. The standard InChI is InChI=1S/C22H28N6O5/c1-5-27(13-17(29)24-15-8-6-9-16(12-15)33-4)18(30)10-7-11-28-14-23-20-19(28)21(31)26(3)22(32)25(20)2/h6,8-9,12,14H,5,7,10-11,13H2,1-4H3,(H,24,29). The van der Waals surface area contributed by atoms with E-state index in [1.54, 1.807) is 43.0 Å². The van der Waals surface area contributed by atoms with Gasteiger partial charge in [-0.1, -0.05) is 6.07 Å². The van der Waals surface area contributed by atoms with E-state index in [9.17, 15) is 19.2 Å². The van der Waals surface area contributed by atoms with Crippen LogP contribution in [0.1, 0.15) is 19.8 Å². The van der Waals surface area contributed by atoms with Crippen molar-refractivity contribution >= 4 is 28.7 Å². The fourth-order valence-electron chi connectivity index (χ4n) is 3.58. The Morgan fingerprint density at radius 2 is 1.94 bits per heavy atom. The summed E-state index contributed by atoms with van der Waals surface area (Å²) in [5.41, 5.74) is 0.335. The summed E-state index contributed by atoms with van der Waals surface area (Å²) in [4.78, 5) is 55.3. The Hall–Kier alpha value is -3.89. The van der Waals surface area contributed by atoms with Crippen LogP contribution in [0.15, 0.2) is 40.2 Å². The van der Waals surface area contributed by atoms with E-state index in [4.69, 9.17) is 4.74 Å². The second-order valence-electron chi connectivity index (χ2n) is 7.61. The molecule has 2 aromatic heterocycles. The smallest absolute Gasteiger partial charge is 0.332 e. The van der Waals surface area contributed by atoms with Crippen molar-refractivity contribution in [1.82, 2.24) is 23.6 Å². The number of imidazole rings is 1. The van der Waals surface area contributed by atoms with Gasteiger partial charge in [-0.05, 0) is 25.5 Å². The summed E-state index contributed by atoms with van der Waals surface area (Å²) < 4.78 is 9.14. The maximum atomic E-state index is 12.7. The van der Waals surface area contributed by atoms with Crippen LogP contribution >= 0.6 is 0 Å². The maximum Gasteiger partial charge on any atom is 0.332 e. The van der Waals surface area contributed by atoms with Gasteiger partial charge in [-0.3, -0.25) is 23.5 Å². The second kappa shape index (κ2) is 10.2. The number of benzene rings is 1. The van der Waals surface area contributed by atoms with Gasteiger partial charge in [0, 0.05) is 45.4 Å². The molecule has 176 valence electrons. The average molecular weight is 457 g/mol. The number of fused-ring (bicyclic) bond motifs is 1. The van der Waals surface area contributed by atoms with Crippen LogP contribution in [0.5, 0.6) is 5.75 Å². The lowest BCUT2D eigenvalue weighted by molar-refractivity contribution is -0.134. The predicted octanol–water partition coefficient (Wildman–Crippen LogP) is 0.710. The number of anilines is 1. The second-order valence-corrected chi connectivity index (χ2v) is 7.61. The summed E-state index contributed by atoms with van der Waals surface area (Å²) in [6, 6.07) is 6.98. The van der Waals surface area contributed by atoms with Gasteiger partial charge in [-0.2, -0.15) is 0 Å². The quantitative estimate of drug-likeness (QED) is 0.506. The third-order valence-corrected chi connectivity index (χ3v) is 5.43. The normalized spacial score (nSPS) is 10.9. The molecule has 3 aromatic rings. The minimum atomic E-state index is -0.446. The highest BCUT2D eigenvalue weighted by atomic mass is 16.5. The zero-order valence-corrected chi connectivity index (χ0v) is 19.2. The van der Waals surface area contributed by atoms with E-state index in [-0.39, 0.29) is 24.8 Å². The zero-order chi connectivity index (χ0) is 24.1. The number of likely N-dealkylation sites (N-methyl/N-ethyl adjacent to an activating group) is 1. The van der Waals surface area contributed by atoms with E-state index in [0.29, 0.717) is 42.1 Å². The molecule has 3 rings (SSSR count). The SMILES string of the molecule is CCN(CC(=O)Nc1cccc(OC)c1)C(=O)CCCn1cnc2c1c(=O)n(C)c(=O)n2C. The number of hydrogen-bond donors (Lipinski definition) is 1. The molecule has 33 heavy (non-hydrogen) atoms. The lowest BCUT2D eigenvalue weighted by Gasteiger charge is -2.20. The van der Waals surface area contributed by atoms with E-state index in [1.165, 1.54) is 22.8 Å². The van der Waals surface area contributed by atoms with E-state index >= 15 is 0 Å². The van der Waals surface area contributed by atoms with Crippen molar-refractivity contribution in [1.29, 1.82) is 0 Å². The van der Waals surface area contributed by atoms with Gasteiger partial charge in [0.1, 0.15) is 5.75 Å². The first-order valence-corrected chi connectivity index (χ1v) is 10.6. The van der Waals surface area contributed by atoms with Crippen LogP contribution in [0.2, 0.25) is 0 Å². The molecule has 0 unspecified atom stereocenters. The summed E-state index contributed by atoms with van der Waals surface area (Å²) in [6.45, 7) is 2.51. The summed E-state index contributed by atoms with van der Waals surface area (Å²) in [7, 11) is 4.52. The number of carbonyl (C=O) groups is 2. The number of aryl methyl sites for hydroxylation is 2. The van der Waals surface area contributed by atoms with Crippen LogP contribution < -0.4 is 21.3 Å². The van der Waals surface area contributed by atoms with Crippen molar-refractivity contribution in [3.05, 3.63) is 51.4 Å². The third kappa shape index (κ3) is 5.13. The van der Waals surface area contributed by atoms with Crippen LogP contribution in [0.4, 0.5) is 5.69 Å². The number of amides is 2. The van der Waals surface area contributed by atoms with Gasteiger partial charge < -0.3 is 19.5 Å². The van der Waals surface area contributed by atoms with Crippen molar-refractivity contribution in [3.8, 4) is 5.75 Å². The molecule has 0 aliphatic carbocycles. The van der Waals surface area contributed by atoms with Gasteiger partial charge in [0.05, 0.1) is 20.0 Å². The van der Waals surface area contributed by atoms with Crippen LogP contribution in [0.3, 0.4) is 0 Å². The zero-order valence-electron chi connectivity index (χ0n) is 19.2. The van der Waals surface area contributed by atoms with Crippen molar-refractivity contribution in [3.63, 3.8) is 0 Å². The molecule has 0 fully saturated rings. The highest BCUT2D eigenvalue weighted by molar-refractivity contribution is 5.94. The first-order chi connectivity index (χ1) is 15.8.